The van der Waals surface area contributed by atoms with Crippen molar-refractivity contribution in [3.63, 3.8) is 0 Å². The fraction of sp³-hybridized carbons (Fsp3) is 0.0625. The van der Waals surface area contributed by atoms with Crippen molar-refractivity contribution in [2.24, 2.45) is 0 Å². The van der Waals surface area contributed by atoms with Crippen molar-refractivity contribution in [2.45, 2.75) is 0 Å². The molecule has 1 amide bonds. The smallest absolute Gasteiger partial charge is 0.331 e. The number of hydrogen-bond donors (Lipinski definition) is 1. The number of esters is 1. The molecule has 0 unspecified atom stereocenters. The SMILES string of the molecule is N#Cc1ccc(NC(=O)COC(=O)C=Cc2ccco2)cc1. The third-order valence-corrected chi connectivity index (χ3v) is 2.57. The molecule has 22 heavy (non-hydrogen) atoms. The summed E-state index contributed by atoms with van der Waals surface area (Å²) < 4.78 is 9.80. The molecule has 0 saturated carbocycles. The van der Waals surface area contributed by atoms with E-state index in [9.17, 15) is 9.59 Å². The molecule has 0 spiro atoms. The maximum Gasteiger partial charge on any atom is 0.331 e. The number of nitrogens with zero attached hydrogens (tertiary/aromatic N) is 1. The van der Waals surface area contributed by atoms with Crippen LogP contribution in [0.2, 0.25) is 0 Å². The van der Waals surface area contributed by atoms with Crippen LogP contribution in [0.5, 0.6) is 0 Å². The number of amides is 1. The zero-order valence-corrected chi connectivity index (χ0v) is 11.5. The van der Waals surface area contributed by atoms with Gasteiger partial charge in [-0.3, -0.25) is 4.79 Å². The molecule has 0 radical (unpaired) electrons. The number of carbonyl (C=O) groups is 2. The molecule has 0 aliphatic heterocycles. The monoisotopic (exact) mass is 296 g/mol. The van der Waals surface area contributed by atoms with Crippen LogP contribution >= 0.6 is 0 Å². The average Bonchev–Trinajstić information content (AvgIpc) is 3.05. The zero-order chi connectivity index (χ0) is 15.8. The Hall–Kier alpha value is -3.33. The summed E-state index contributed by atoms with van der Waals surface area (Å²) >= 11 is 0. The number of benzene rings is 1. The van der Waals surface area contributed by atoms with E-state index in [0.29, 0.717) is 17.0 Å². The molecule has 0 bridgehead atoms. The third kappa shape index (κ3) is 4.65. The Morgan fingerprint density at radius 3 is 2.68 bits per heavy atom. The summed E-state index contributed by atoms with van der Waals surface area (Å²) in [5.41, 5.74) is 1.01. The van der Waals surface area contributed by atoms with E-state index in [1.54, 1.807) is 36.4 Å². The van der Waals surface area contributed by atoms with Crippen LogP contribution in [0.3, 0.4) is 0 Å². The van der Waals surface area contributed by atoms with Crippen LogP contribution in [0.15, 0.2) is 53.2 Å². The van der Waals surface area contributed by atoms with Gasteiger partial charge in [0.1, 0.15) is 5.76 Å². The second kappa shape index (κ2) is 7.45. The van der Waals surface area contributed by atoms with Gasteiger partial charge in [-0.05, 0) is 42.5 Å². The minimum atomic E-state index is -0.647. The predicted octanol–water partition coefficient (Wildman–Crippen LogP) is 2.35. The van der Waals surface area contributed by atoms with Crippen LogP contribution in [0.1, 0.15) is 11.3 Å². The van der Waals surface area contributed by atoms with E-state index in [-0.39, 0.29) is 0 Å². The summed E-state index contributed by atoms with van der Waals surface area (Å²) in [6, 6.07) is 11.7. The Bertz CT molecular complexity index is 710. The molecule has 110 valence electrons. The highest BCUT2D eigenvalue weighted by Crippen LogP contribution is 2.08. The number of carbonyl (C=O) groups excluding carboxylic acids is 2. The van der Waals surface area contributed by atoms with Gasteiger partial charge in [-0.25, -0.2) is 4.79 Å². The van der Waals surface area contributed by atoms with Gasteiger partial charge in [0.15, 0.2) is 6.61 Å². The normalized spacial score (nSPS) is 10.1. The number of furan rings is 1. The maximum absolute atomic E-state index is 11.6. The Balaban J connectivity index is 1.77. The summed E-state index contributed by atoms with van der Waals surface area (Å²) in [5, 5.41) is 11.2. The first-order valence-corrected chi connectivity index (χ1v) is 6.36. The van der Waals surface area contributed by atoms with Gasteiger partial charge in [0.2, 0.25) is 0 Å². The quantitative estimate of drug-likeness (QED) is 0.675. The van der Waals surface area contributed by atoms with Gasteiger partial charge in [0, 0.05) is 11.8 Å². The Morgan fingerprint density at radius 1 is 1.27 bits per heavy atom. The van der Waals surface area contributed by atoms with Gasteiger partial charge in [-0.2, -0.15) is 5.26 Å². The Kier molecular flexibility index (Phi) is 5.10. The van der Waals surface area contributed by atoms with Crippen LogP contribution in [-0.4, -0.2) is 18.5 Å². The lowest BCUT2D eigenvalue weighted by Crippen LogP contribution is -2.20. The topological polar surface area (TPSA) is 92.3 Å². The van der Waals surface area contributed by atoms with E-state index in [0.717, 1.165) is 0 Å². The molecule has 0 fully saturated rings. The highest BCUT2D eigenvalue weighted by atomic mass is 16.5. The van der Waals surface area contributed by atoms with Crippen LogP contribution in [0.4, 0.5) is 5.69 Å². The molecule has 0 atom stereocenters. The van der Waals surface area contributed by atoms with Crippen LogP contribution < -0.4 is 5.32 Å². The van der Waals surface area contributed by atoms with Crippen LogP contribution in [0, 0.1) is 11.3 Å². The van der Waals surface area contributed by atoms with Crippen molar-refractivity contribution in [2.75, 3.05) is 11.9 Å². The first-order valence-electron chi connectivity index (χ1n) is 6.36. The highest BCUT2D eigenvalue weighted by Gasteiger charge is 2.06. The summed E-state index contributed by atoms with van der Waals surface area (Å²) in [7, 11) is 0. The third-order valence-electron chi connectivity index (χ3n) is 2.57. The second-order valence-corrected chi connectivity index (χ2v) is 4.19. The van der Waals surface area contributed by atoms with Crippen molar-refractivity contribution < 1.29 is 18.7 Å². The first kappa shape index (κ1) is 15.1. The minimum absolute atomic E-state index is 0.401. The van der Waals surface area contributed by atoms with Crippen LogP contribution in [0.25, 0.3) is 6.08 Å². The van der Waals surface area contributed by atoms with Crippen molar-refractivity contribution in [1.29, 1.82) is 5.26 Å². The fourth-order valence-electron chi connectivity index (χ4n) is 1.55. The average molecular weight is 296 g/mol. The highest BCUT2D eigenvalue weighted by molar-refractivity contribution is 5.94. The maximum atomic E-state index is 11.6. The molecule has 1 N–H and O–H groups in total. The van der Waals surface area contributed by atoms with E-state index in [1.807, 2.05) is 6.07 Å². The zero-order valence-electron chi connectivity index (χ0n) is 11.5. The van der Waals surface area contributed by atoms with Gasteiger partial charge in [0.05, 0.1) is 17.9 Å². The van der Waals surface area contributed by atoms with Crippen LogP contribution in [-0.2, 0) is 14.3 Å². The molecule has 1 aromatic heterocycles. The molecule has 0 aliphatic rings. The molecular formula is C16H12N2O4. The van der Waals surface area contributed by atoms with Gasteiger partial charge in [-0.1, -0.05) is 0 Å². The lowest BCUT2D eigenvalue weighted by Gasteiger charge is -2.05. The molecular weight excluding hydrogens is 284 g/mol. The number of rotatable bonds is 5. The summed E-state index contributed by atoms with van der Waals surface area (Å²) in [4.78, 5) is 23.0. The Labute approximate surface area is 126 Å². The van der Waals surface area contributed by atoms with E-state index in [4.69, 9.17) is 14.4 Å². The van der Waals surface area contributed by atoms with Crippen molar-refractivity contribution in [3.05, 3.63) is 60.1 Å². The van der Waals surface area contributed by atoms with E-state index >= 15 is 0 Å². The lowest BCUT2D eigenvalue weighted by molar-refractivity contribution is -0.142. The molecule has 1 heterocycles. The molecule has 1 aromatic carbocycles. The number of nitrogens with one attached hydrogen (secondary N) is 1. The molecule has 0 aliphatic carbocycles. The van der Waals surface area contributed by atoms with Gasteiger partial charge in [0.25, 0.3) is 5.91 Å². The van der Waals surface area contributed by atoms with E-state index in [2.05, 4.69) is 5.32 Å². The summed E-state index contributed by atoms with van der Waals surface area (Å²) in [6.07, 6.45) is 4.10. The van der Waals surface area contributed by atoms with E-state index < -0.39 is 18.5 Å². The summed E-state index contributed by atoms with van der Waals surface area (Å²) in [5.74, 6) is -0.602. The van der Waals surface area contributed by atoms with Crippen molar-refractivity contribution in [3.8, 4) is 6.07 Å². The Morgan fingerprint density at radius 2 is 2.05 bits per heavy atom. The minimum Gasteiger partial charge on any atom is -0.465 e. The number of nitriles is 1. The molecule has 2 aromatic rings. The standard InChI is InChI=1S/C16H12N2O4/c17-10-12-3-5-13(6-4-12)18-15(19)11-22-16(20)8-7-14-2-1-9-21-14/h1-9H,11H2,(H,18,19). The van der Waals surface area contributed by atoms with Crippen molar-refractivity contribution >= 4 is 23.6 Å². The number of hydrogen-bond acceptors (Lipinski definition) is 5. The molecule has 6 nitrogen and oxygen atoms in total. The lowest BCUT2D eigenvalue weighted by atomic mass is 10.2. The van der Waals surface area contributed by atoms with E-state index in [1.165, 1.54) is 18.4 Å². The summed E-state index contributed by atoms with van der Waals surface area (Å²) in [6.45, 7) is -0.401. The van der Waals surface area contributed by atoms with Crippen molar-refractivity contribution in [1.82, 2.24) is 0 Å². The fourth-order valence-corrected chi connectivity index (χ4v) is 1.55. The largest absolute Gasteiger partial charge is 0.465 e. The van der Waals surface area contributed by atoms with Gasteiger partial charge >= 0.3 is 5.97 Å². The van der Waals surface area contributed by atoms with Gasteiger partial charge in [-0.15, -0.1) is 0 Å². The molecule has 2 rings (SSSR count). The first-order chi connectivity index (χ1) is 10.7. The molecule has 6 heteroatoms. The number of ether oxygens (including phenoxy) is 1. The molecule has 0 saturated heterocycles. The number of anilines is 1. The second-order valence-electron chi connectivity index (χ2n) is 4.19. The van der Waals surface area contributed by atoms with Gasteiger partial charge < -0.3 is 14.5 Å². The predicted molar refractivity (Wildman–Crippen MR) is 78.5 cm³/mol.